The van der Waals surface area contributed by atoms with Gasteiger partial charge in [-0.2, -0.15) is 9.42 Å². The highest BCUT2D eigenvalue weighted by Gasteiger charge is 2.55. The fourth-order valence-corrected chi connectivity index (χ4v) is 6.76. The van der Waals surface area contributed by atoms with E-state index < -0.39 is 15.4 Å². The number of nitrogens with zero attached hydrogens (tertiary/aromatic N) is 3. The lowest BCUT2D eigenvalue weighted by Crippen LogP contribution is -2.45. The molecule has 0 unspecified atom stereocenters. The summed E-state index contributed by atoms with van der Waals surface area (Å²) in [6, 6.07) is 8.49. The van der Waals surface area contributed by atoms with Crippen LogP contribution in [0.3, 0.4) is 0 Å². The van der Waals surface area contributed by atoms with Gasteiger partial charge in [-0.05, 0) is 30.4 Å². The van der Waals surface area contributed by atoms with Gasteiger partial charge in [0.05, 0.1) is 11.4 Å². The lowest BCUT2D eigenvalue weighted by molar-refractivity contribution is -0.119. The molecule has 0 aromatic heterocycles. The molecule has 8 heteroatoms. The topological polar surface area (TPSA) is 91.2 Å². The van der Waals surface area contributed by atoms with Gasteiger partial charge in [0.15, 0.2) is 11.6 Å². The van der Waals surface area contributed by atoms with Crippen LogP contribution in [0.5, 0.6) is 0 Å². The second-order valence-electron chi connectivity index (χ2n) is 9.13. The summed E-state index contributed by atoms with van der Waals surface area (Å²) in [5, 5.41) is 11.8. The highest BCUT2D eigenvalue weighted by Crippen LogP contribution is 2.54. The van der Waals surface area contributed by atoms with E-state index in [4.69, 9.17) is 0 Å². The van der Waals surface area contributed by atoms with E-state index in [1.165, 1.54) is 4.31 Å². The molecular weight excluding hydrogens is 388 g/mol. The Bertz CT molecular complexity index is 1100. The minimum Gasteiger partial charge on any atom is -0.342 e. The fourth-order valence-electron chi connectivity index (χ4n) is 5.24. The van der Waals surface area contributed by atoms with Crippen molar-refractivity contribution in [3.63, 3.8) is 0 Å². The van der Waals surface area contributed by atoms with Crippen LogP contribution >= 0.6 is 0 Å². The number of nitrogens with one attached hydrogen (secondary N) is 1. The fraction of sp³-hybridized carbons (Fsp3) is 0.476. The Labute approximate surface area is 170 Å². The third-order valence-electron chi connectivity index (χ3n) is 6.50. The summed E-state index contributed by atoms with van der Waals surface area (Å²) in [7, 11) is -3.63. The Morgan fingerprint density at radius 1 is 1.14 bits per heavy atom. The maximum absolute atomic E-state index is 13.3. The van der Waals surface area contributed by atoms with Crippen molar-refractivity contribution in [2.45, 2.75) is 38.0 Å². The zero-order valence-corrected chi connectivity index (χ0v) is 17.4. The average molecular weight is 413 g/mol. The molecule has 1 fully saturated rings. The van der Waals surface area contributed by atoms with Crippen molar-refractivity contribution in [3.05, 3.63) is 53.0 Å². The third kappa shape index (κ3) is 2.73. The van der Waals surface area contributed by atoms with E-state index in [9.17, 15) is 13.2 Å². The van der Waals surface area contributed by atoms with Gasteiger partial charge in [0.2, 0.25) is 10.0 Å². The first-order valence-electron chi connectivity index (χ1n) is 9.93. The molecule has 0 amide bonds. The molecule has 0 radical (unpaired) electrons. The molecule has 3 aliphatic heterocycles. The van der Waals surface area contributed by atoms with Gasteiger partial charge >= 0.3 is 0 Å². The summed E-state index contributed by atoms with van der Waals surface area (Å²) in [6.07, 6.45) is 1.79. The molecule has 4 aliphatic rings. The largest absolute Gasteiger partial charge is 0.342 e. The van der Waals surface area contributed by atoms with E-state index in [-0.39, 0.29) is 22.6 Å². The number of Topliss-reactive ketones (excluding diaryl/α,β-unsaturated/α-hetero) is 1. The summed E-state index contributed by atoms with van der Waals surface area (Å²) < 4.78 is 28.0. The van der Waals surface area contributed by atoms with Gasteiger partial charge < -0.3 is 5.32 Å². The predicted molar refractivity (Wildman–Crippen MR) is 107 cm³/mol. The number of dihydropyridines is 1. The molecule has 1 atom stereocenters. The Morgan fingerprint density at radius 2 is 1.90 bits per heavy atom. The molecule has 0 bridgehead atoms. The standard InChI is InChI=1S/C21H24N4O3S/c1-20(2)10-16-18(17(26)11-20)21(15-12-22-24-19(15)23-16)8-9-25(13-21)29(27,28)14-6-4-3-5-7-14/h3-7,23H,8-13H2,1-2H3/t21-/m0/s1. The maximum atomic E-state index is 13.3. The molecule has 3 heterocycles. The van der Waals surface area contributed by atoms with E-state index in [0.717, 1.165) is 23.3 Å². The van der Waals surface area contributed by atoms with Crippen LogP contribution in [0.15, 0.2) is 68.1 Å². The van der Waals surface area contributed by atoms with Crippen LogP contribution in [0.1, 0.15) is 33.1 Å². The van der Waals surface area contributed by atoms with Crippen molar-refractivity contribution >= 4 is 15.8 Å². The Hall–Kier alpha value is -2.32. The summed E-state index contributed by atoms with van der Waals surface area (Å²) in [5.74, 6) is 0.814. The van der Waals surface area contributed by atoms with Crippen LogP contribution in [-0.4, -0.2) is 38.1 Å². The Morgan fingerprint density at radius 3 is 2.66 bits per heavy atom. The first-order chi connectivity index (χ1) is 13.7. The number of rotatable bonds is 2. The van der Waals surface area contributed by atoms with Gasteiger partial charge in [-0.15, -0.1) is 5.11 Å². The van der Waals surface area contributed by atoms with Crippen molar-refractivity contribution in [2.24, 2.45) is 21.1 Å². The van der Waals surface area contributed by atoms with Crippen LogP contribution in [0.25, 0.3) is 0 Å². The monoisotopic (exact) mass is 412 g/mol. The van der Waals surface area contributed by atoms with E-state index in [0.29, 0.717) is 31.8 Å². The second-order valence-corrected chi connectivity index (χ2v) is 11.1. The predicted octanol–water partition coefficient (Wildman–Crippen LogP) is 2.99. The molecule has 5 rings (SSSR count). The molecule has 0 saturated carbocycles. The quantitative estimate of drug-likeness (QED) is 0.808. The van der Waals surface area contributed by atoms with Gasteiger partial charge in [0.1, 0.15) is 0 Å². The molecule has 1 aromatic rings. The van der Waals surface area contributed by atoms with Gasteiger partial charge in [0.25, 0.3) is 0 Å². The zero-order chi connectivity index (χ0) is 20.4. The van der Waals surface area contributed by atoms with E-state index in [1.807, 2.05) is 0 Å². The third-order valence-corrected chi connectivity index (χ3v) is 8.36. The average Bonchev–Trinajstić information content (AvgIpc) is 3.29. The van der Waals surface area contributed by atoms with Gasteiger partial charge in [-0.25, -0.2) is 8.42 Å². The first kappa shape index (κ1) is 18.7. The van der Waals surface area contributed by atoms with Crippen LogP contribution in [0, 0.1) is 10.8 Å². The molecular formula is C21H24N4O3S. The maximum Gasteiger partial charge on any atom is 0.243 e. The highest BCUT2D eigenvalue weighted by atomic mass is 32.2. The van der Waals surface area contributed by atoms with Gasteiger partial charge in [0, 0.05) is 41.8 Å². The minimum absolute atomic E-state index is 0.112. The number of carbonyl (C=O) groups excluding carboxylic acids is 1. The van der Waals surface area contributed by atoms with Crippen molar-refractivity contribution in [1.29, 1.82) is 0 Å². The summed E-state index contributed by atoms with van der Waals surface area (Å²) in [5.41, 5.74) is 1.84. The lowest BCUT2D eigenvalue weighted by atomic mass is 9.63. The number of ketones is 1. The number of sulfonamides is 1. The molecule has 29 heavy (non-hydrogen) atoms. The van der Waals surface area contributed by atoms with Crippen LogP contribution in [0.4, 0.5) is 0 Å². The summed E-state index contributed by atoms with van der Waals surface area (Å²) >= 11 is 0. The van der Waals surface area contributed by atoms with E-state index in [2.05, 4.69) is 29.4 Å². The van der Waals surface area contributed by atoms with E-state index in [1.54, 1.807) is 30.3 Å². The number of allylic oxidation sites excluding steroid dienone is 1. The smallest absolute Gasteiger partial charge is 0.243 e. The van der Waals surface area contributed by atoms with Crippen LogP contribution in [-0.2, 0) is 14.8 Å². The zero-order valence-electron chi connectivity index (χ0n) is 16.6. The van der Waals surface area contributed by atoms with Gasteiger partial charge in [-0.1, -0.05) is 32.0 Å². The van der Waals surface area contributed by atoms with E-state index >= 15 is 0 Å². The number of hydrogen-bond donors (Lipinski definition) is 1. The van der Waals surface area contributed by atoms with Crippen molar-refractivity contribution in [2.75, 3.05) is 19.6 Å². The van der Waals surface area contributed by atoms with Crippen LogP contribution < -0.4 is 5.32 Å². The second kappa shape index (κ2) is 6.09. The molecule has 7 nitrogen and oxygen atoms in total. The lowest BCUT2D eigenvalue weighted by Gasteiger charge is -2.43. The minimum atomic E-state index is -3.63. The highest BCUT2D eigenvalue weighted by molar-refractivity contribution is 7.89. The molecule has 1 aromatic carbocycles. The molecule has 1 N–H and O–H groups in total. The van der Waals surface area contributed by atoms with Crippen molar-refractivity contribution in [1.82, 2.24) is 9.62 Å². The number of hydrogen-bond acceptors (Lipinski definition) is 6. The first-order valence-corrected chi connectivity index (χ1v) is 11.4. The van der Waals surface area contributed by atoms with Crippen molar-refractivity contribution in [3.8, 4) is 0 Å². The Balaban J connectivity index is 1.59. The number of carbonyl (C=O) groups is 1. The molecule has 1 saturated heterocycles. The van der Waals surface area contributed by atoms with Gasteiger partial charge in [-0.3, -0.25) is 4.79 Å². The summed E-state index contributed by atoms with van der Waals surface area (Å²) in [4.78, 5) is 13.6. The molecule has 1 aliphatic carbocycles. The summed E-state index contributed by atoms with van der Waals surface area (Å²) in [6.45, 7) is 5.23. The SMILES string of the molecule is CC1(C)CC(=O)C2=C(C1)NC1=C(CN=N1)[C@@]21CCN(S(=O)(=O)c2ccccc2)C1. The molecule has 152 valence electrons. The van der Waals surface area contributed by atoms with Crippen molar-refractivity contribution < 1.29 is 13.2 Å². The van der Waals surface area contributed by atoms with Crippen LogP contribution in [0.2, 0.25) is 0 Å². The Kier molecular flexibility index (Phi) is 3.93. The number of fused-ring (bicyclic) bond motifs is 2. The number of azo groups is 1. The molecule has 1 spiro atoms. The number of benzene rings is 1. The normalized spacial score (nSPS) is 28.7.